The van der Waals surface area contributed by atoms with Crippen LogP contribution in [0.2, 0.25) is 0 Å². The van der Waals surface area contributed by atoms with Gasteiger partial charge in [-0.15, -0.1) is 0 Å². The molecule has 1 heterocycles. The van der Waals surface area contributed by atoms with Crippen molar-refractivity contribution in [2.75, 3.05) is 11.9 Å². The summed E-state index contributed by atoms with van der Waals surface area (Å²) in [7, 11) is 0. The molecule has 96 valence electrons. The van der Waals surface area contributed by atoms with E-state index in [0.29, 0.717) is 30.0 Å². The van der Waals surface area contributed by atoms with E-state index in [9.17, 15) is 0 Å². The molecule has 0 unspecified atom stereocenters. The number of aromatic nitrogens is 2. The fraction of sp³-hybridized carbons (Fsp3) is 0.615. The second-order valence-corrected chi connectivity index (χ2v) is 4.44. The molecule has 0 aromatic carbocycles. The largest absolute Gasteiger partial charge is 0.477 e. The number of nitrogens with one attached hydrogen (secondary N) is 1. The fourth-order valence-electron chi connectivity index (χ4n) is 2.19. The summed E-state index contributed by atoms with van der Waals surface area (Å²) < 4.78 is 5.34. The third kappa shape index (κ3) is 3.10. The topological polar surface area (TPSA) is 70.8 Å². The first-order valence-electron chi connectivity index (χ1n) is 6.50. The summed E-state index contributed by atoms with van der Waals surface area (Å²) in [6.07, 6.45) is 7.67. The normalized spacial score (nSPS) is 16.0. The molecule has 0 amide bonds. The summed E-state index contributed by atoms with van der Waals surface area (Å²) in [5, 5.41) is 12.2. The number of rotatable bonds is 4. The van der Waals surface area contributed by atoms with Crippen LogP contribution >= 0.6 is 0 Å². The molecule has 1 aromatic rings. The van der Waals surface area contributed by atoms with Crippen LogP contribution in [0.5, 0.6) is 5.88 Å². The highest BCUT2D eigenvalue weighted by Gasteiger charge is 2.15. The SMILES string of the molecule is CCOc1nc(NC2CCCCC2)ncc1C#N. The van der Waals surface area contributed by atoms with E-state index in [1.165, 1.54) is 25.5 Å². The van der Waals surface area contributed by atoms with E-state index in [2.05, 4.69) is 15.3 Å². The maximum absolute atomic E-state index is 8.93. The summed E-state index contributed by atoms with van der Waals surface area (Å²) in [6.45, 7) is 2.37. The average Bonchev–Trinajstić information content (AvgIpc) is 2.41. The standard InChI is InChI=1S/C13H18N4O/c1-2-18-12-10(8-14)9-15-13(17-12)16-11-6-4-3-5-7-11/h9,11H,2-7H2,1H3,(H,15,16,17). The highest BCUT2D eigenvalue weighted by Crippen LogP contribution is 2.21. The van der Waals surface area contributed by atoms with E-state index >= 15 is 0 Å². The monoisotopic (exact) mass is 246 g/mol. The van der Waals surface area contributed by atoms with Crippen molar-refractivity contribution in [1.29, 1.82) is 5.26 Å². The molecule has 0 saturated heterocycles. The Bertz CT molecular complexity index is 435. The van der Waals surface area contributed by atoms with Crippen LogP contribution in [0.3, 0.4) is 0 Å². The zero-order valence-electron chi connectivity index (χ0n) is 10.6. The Kier molecular flexibility index (Phi) is 4.35. The lowest BCUT2D eigenvalue weighted by Crippen LogP contribution is -2.23. The summed E-state index contributed by atoms with van der Waals surface area (Å²) in [6, 6.07) is 2.48. The van der Waals surface area contributed by atoms with Crippen LogP contribution in [0.25, 0.3) is 0 Å². The second-order valence-electron chi connectivity index (χ2n) is 4.44. The van der Waals surface area contributed by atoms with Gasteiger partial charge < -0.3 is 10.1 Å². The van der Waals surface area contributed by atoms with Gasteiger partial charge in [-0.05, 0) is 19.8 Å². The number of nitrogens with zero attached hydrogens (tertiary/aromatic N) is 3. The lowest BCUT2D eigenvalue weighted by Gasteiger charge is -2.22. The lowest BCUT2D eigenvalue weighted by atomic mass is 9.96. The molecule has 0 radical (unpaired) electrons. The molecule has 0 spiro atoms. The summed E-state index contributed by atoms with van der Waals surface area (Å²) in [5.41, 5.74) is 0.381. The zero-order chi connectivity index (χ0) is 12.8. The van der Waals surface area contributed by atoms with Crippen LogP contribution in [0.15, 0.2) is 6.20 Å². The molecule has 5 nitrogen and oxygen atoms in total. The van der Waals surface area contributed by atoms with Gasteiger partial charge in [0.05, 0.1) is 12.8 Å². The molecule has 0 aliphatic heterocycles. The molecule has 1 N–H and O–H groups in total. The number of hydrogen-bond donors (Lipinski definition) is 1. The zero-order valence-corrected chi connectivity index (χ0v) is 10.6. The predicted molar refractivity (Wildman–Crippen MR) is 68.4 cm³/mol. The van der Waals surface area contributed by atoms with Crippen molar-refractivity contribution in [2.24, 2.45) is 0 Å². The van der Waals surface area contributed by atoms with Crippen LogP contribution in [0, 0.1) is 11.3 Å². The van der Waals surface area contributed by atoms with Crippen molar-refractivity contribution in [2.45, 2.75) is 45.1 Å². The third-order valence-electron chi connectivity index (χ3n) is 3.09. The Balaban J connectivity index is 2.08. The minimum Gasteiger partial charge on any atom is -0.477 e. The molecule has 0 atom stereocenters. The number of nitriles is 1. The van der Waals surface area contributed by atoms with Crippen molar-refractivity contribution >= 4 is 5.95 Å². The van der Waals surface area contributed by atoms with Crippen molar-refractivity contribution in [1.82, 2.24) is 9.97 Å². The van der Waals surface area contributed by atoms with Crippen molar-refractivity contribution < 1.29 is 4.74 Å². The van der Waals surface area contributed by atoms with E-state index in [-0.39, 0.29) is 0 Å². The highest BCUT2D eigenvalue weighted by atomic mass is 16.5. The fourth-order valence-corrected chi connectivity index (χ4v) is 2.19. The van der Waals surface area contributed by atoms with Gasteiger partial charge in [0.25, 0.3) is 0 Å². The molecule has 1 aliphatic carbocycles. The predicted octanol–water partition coefficient (Wildman–Crippen LogP) is 2.49. The molecule has 1 aromatic heterocycles. The molecule has 1 fully saturated rings. The van der Waals surface area contributed by atoms with Gasteiger partial charge in [0, 0.05) is 6.04 Å². The highest BCUT2D eigenvalue weighted by molar-refractivity contribution is 5.41. The summed E-state index contributed by atoms with van der Waals surface area (Å²) in [4.78, 5) is 8.42. The van der Waals surface area contributed by atoms with Crippen LogP contribution in [0.4, 0.5) is 5.95 Å². The van der Waals surface area contributed by atoms with Gasteiger partial charge in [-0.3, -0.25) is 0 Å². The van der Waals surface area contributed by atoms with Crippen LogP contribution < -0.4 is 10.1 Å². The van der Waals surface area contributed by atoms with E-state index in [4.69, 9.17) is 10.00 Å². The van der Waals surface area contributed by atoms with Gasteiger partial charge >= 0.3 is 0 Å². The molecule has 1 aliphatic rings. The van der Waals surface area contributed by atoms with Crippen molar-refractivity contribution in [3.63, 3.8) is 0 Å². The molecule has 18 heavy (non-hydrogen) atoms. The lowest BCUT2D eigenvalue weighted by molar-refractivity contribution is 0.325. The Labute approximate surface area is 107 Å². The van der Waals surface area contributed by atoms with Crippen molar-refractivity contribution in [3.05, 3.63) is 11.8 Å². The van der Waals surface area contributed by atoms with Gasteiger partial charge in [-0.1, -0.05) is 19.3 Å². The first-order valence-corrected chi connectivity index (χ1v) is 6.50. The number of hydrogen-bond acceptors (Lipinski definition) is 5. The first-order chi connectivity index (χ1) is 8.83. The number of ether oxygens (including phenoxy) is 1. The average molecular weight is 246 g/mol. The maximum Gasteiger partial charge on any atom is 0.236 e. The van der Waals surface area contributed by atoms with Crippen LogP contribution in [-0.2, 0) is 0 Å². The van der Waals surface area contributed by atoms with Crippen molar-refractivity contribution in [3.8, 4) is 11.9 Å². The number of anilines is 1. The molecule has 2 rings (SSSR count). The Morgan fingerprint density at radius 3 is 2.89 bits per heavy atom. The van der Waals surface area contributed by atoms with Gasteiger partial charge in [-0.25, -0.2) is 4.98 Å². The van der Waals surface area contributed by atoms with Crippen LogP contribution in [-0.4, -0.2) is 22.6 Å². The second kappa shape index (κ2) is 6.20. The maximum atomic E-state index is 8.93. The third-order valence-corrected chi connectivity index (χ3v) is 3.09. The summed E-state index contributed by atoms with van der Waals surface area (Å²) in [5.74, 6) is 0.928. The van der Waals surface area contributed by atoms with Gasteiger partial charge in [-0.2, -0.15) is 10.2 Å². The van der Waals surface area contributed by atoms with Gasteiger partial charge in [0.2, 0.25) is 11.8 Å². The molecular weight excluding hydrogens is 228 g/mol. The Morgan fingerprint density at radius 1 is 1.44 bits per heavy atom. The molecule has 1 saturated carbocycles. The van der Waals surface area contributed by atoms with Gasteiger partial charge in [0.15, 0.2) is 0 Å². The van der Waals surface area contributed by atoms with E-state index < -0.39 is 0 Å². The smallest absolute Gasteiger partial charge is 0.236 e. The van der Waals surface area contributed by atoms with Crippen LogP contribution in [0.1, 0.15) is 44.6 Å². The van der Waals surface area contributed by atoms with E-state index in [1.807, 2.05) is 13.0 Å². The van der Waals surface area contributed by atoms with E-state index in [0.717, 1.165) is 12.8 Å². The molecule has 0 bridgehead atoms. The Morgan fingerprint density at radius 2 is 2.22 bits per heavy atom. The van der Waals surface area contributed by atoms with E-state index in [1.54, 1.807) is 0 Å². The first kappa shape index (κ1) is 12.6. The quantitative estimate of drug-likeness (QED) is 0.883. The van der Waals surface area contributed by atoms with Gasteiger partial charge in [0.1, 0.15) is 11.6 Å². The summed E-state index contributed by atoms with van der Waals surface area (Å²) >= 11 is 0. The molecular formula is C13H18N4O. The minimum atomic E-state index is 0.369. The molecule has 5 heteroatoms. The Hall–Kier alpha value is -1.83. The minimum absolute atomic E-state index is 0.369.